The minimum atomic E-state index is 1.06. The van der Waals surface area contributed by atoms with E-state index in [1.165, 1.54) is 22.3 Å². The van der Waals surface area contributed by atoms with Crippen LogP contribution in [0.1, 0.15) is 29.2 Å². The zero-order chi connectivity index (χ0) is 12.0. The number of hydrogen-bond acceptors (Lipinski definition) is 1. The molecule has 1 aromatic carbocycles. The van der Waals surface area contributed by atoms with Gasteiger partial charge in [0.05, 0.1) is 0 Å². The summed E-state index contributed by atoms with van der Waals surface area (Å²) in [7, 11) is 2.22. The van der Waals surface area contributed by atoms with Crippen molar-refractivity contribution in [2.24, 2.45) is 0 Å². The molecule has 1 nitrogen and oxygen atoms in total. The highest BCUT2D eigenvalue weighted by Gasteiger charge is 2.05. The van der Waals surface area contributed by atoms with Crippen molar-refractivity contribution in [3.8, 4) is 0 Å². The van der Waals surface area contributed by atoms with E-state index in [-0.39, 0.29) is 0 Å². The highest BCUT2D eigenvalue weighted by atomic mass is 14.8. The largest absolute Gasteiger partial charge is 0.317 e. The monoisotopic (exact) mass is 216 g/mol. The number of benzene rings is 1. The van der Waals surface area contributed by atoms with Gasteiger partial charge in [-0.05, 0) is 50.0 Å². The maximum absolute atomic E-state index is 3.38. The summed E-state index contributed by atoms with van der Waals surface area (Å²) in [4.78, 5) is 0. The van der Waals surface area contributed by atoms with Crippen LogP contribution < -0.4 is 5.32 Å². The van der Waals surface area contributed by atoms with Crippen LogP contribution in [0.3, 0.4) is 0 Å². The maximum Gasteiger partial charge on any atom is 0.111 e. The van der Waals surface area contributed by atoms with Gasteiger partial charge in [-0.2, -0.15) is 0 Å². The zero-order valence-electron chi connectivity index (χ0n) is 11.1. The summed E-state index contributed by atoms with van der Waals surface area (Å²) < 4.78 is 0. The molecule has 16 heavy (non-hydrogen) atoms. The van der Waals surface area contributed by atoms with Crippen LogP contribution in [0.25, 0.3) is 0 Å². The summed E-state index contributed by atoms with van der Waals surface area (Å²) in [5, 5.41) is 3.38. The Labute approximate surface area is 101 Å². The predicted octanol–water partition coefficient (Wildman–Crippen LogP) is 2.71. The lowest BCUT2D eigenvalue weighted by Crippen LogP contribution is -2.16. The van der Waals surface area contributed by atoms with Gasteiger partial charge in [-0.1, -0.05) is 37.8 Å². The Bertz CT molecular complexity index is 334. The van der Waals surface area contributed by atoms with Gasteiger partial charge in [0, 0.05) is 0 Å². The molecule has 0 saturated heterocycles. The van der Waals surface area contributed by atoms with E-state index in [9.17, 15) is 0 Å². The van der Waals surface area contributed by atoms with Gasteiger partial charge in [-0.3, -0.25) is 0 Å². The first kappa shape index (κ1) is 13.3. The van der Waals surface area contributed by atoms with Crippen LogP contribution in [-0.4, -0.2) is 20.4 Å². The minimum absolute atomic E-state index is 1.06. The number of nitrogens with one attached hydrogen (secondary N) is 1. The molecule has 0 bridgehead atoms. The van der Waals surface area contributed by atoms with Crippen molar-refractivity contribution < 1.29 is 0 Å². The molecular weight excluding hydrogens is 193 g/mol. The summed E-state index contributed by atoms with van der Waals surface area (Å²) in [6, 6.07) is 4.57. The van der Waals surface area contributed by atoms with Crippen molar-refractivity contribution in [3.63, 3.8) is 0 Å². The van der Waals surface area contributed by atoms with Gasteiger partial charge in [-0.15, -0.1) is 0 Å². The summed E-state index contributed by atoms with van der Waals surface area (Å²) in [5.74, 6) is 0. The van der Waals surface area contributed by atoms with Crippen molar-refractivity contribution in [1.29, 1.82) is 0 Å². The fourth-order valence-corrected chi connectivity index (χ4v) is 2.04. The lowest BCUT2D eigenvalue weighted by atomic mass is 9.73. The third kappa shape index (κ3) is 3.38. The molecule has 0 amide bonds. The van der Waals surface area contributed by atoms with Gasteiger partial charge in [-0.25, -0.2) is 0 Å². The molecule has 2 heteroatoms. The molecule has 0 aliphatic heterocycles. The van der Waals surface area contributed by atoms with E-state index in [2.05, 4.69) is 52.3 Å². The van der Waals surface area contributed by atoms with E-state index in [4.69, 9.17) is 0 Å². The number of hydrogen-bond donors (Lipinski definition) is 1. The fraction of sp³-hybridized carbons (Fsp3) is 0.571. The Morgan fingerprint density at radius 1 is 1.12 bits per heavy atom. The Kier molecular flexibility index (Phi) is 5.61. The molecule has 1 N–H and O–H groups in total. The standard InChI is InChI=1S/C14H23BN/c1-5-16-9-8-13-6-7-14(10-15-4)12(3)11(13)2/h6-7,16H,5,8-10H2,1-4H3. The average Bonchev–Trinajstić information content (AvgIpc) is 2.28. The minimum Gasteiger partial charge on any atom is -0.317 e. The van der Waals surface area contributed by atoms with Crippen LogP contribution in [-0.2, 0) is 12.7 Å². The molecule has 0 saturated carbocycles. The summed E-state index contributed by atoms with van der Waals surface area (Å²) in [6.45, 7) is 10.9. The maximum atomic E-state index is 3.38. The molecule has 0 heterocycles. The third-order valence-corrected chi connectivity index (χ3v) is 3.26. The first-order valence-corrected chi connectivity index (χ1v) is 6.27. The van der Waals surface area contributed by atoms with E-state index in [1.54, 1.807) is 0 Å². The van der Waals surface area contributed by atoms with Crippen molar-refractivity contribution in [2.45, 2.75) is 40.3 Å². The Balaban J connectivity index is 2.76. The summed E-state index contributed by atoms with van der Waals surface area (Å²) in [6.07, 6.45) is 2.22. The van der Waals surface area contributed by atoms with Crippen LogP contribution in [0.15, 0.2) is 12.1 Å². The molecule has 87 valence electrons. The highest BCUT2D eigenvalue weighted by molar-refractivity contribution is 6.32. The second kappa shape index (κ2) is 6.75. The predicted molar refractivity (Wildman–Crippen MR) is 73.5 cm³/mol. The molecule has 0 aliphatic carbocycles. The van der Waals surface area contributed by atoms with Gasteiger partial charge in [0.1, 0.15) is 7.28 Å². The SMILES string of the molecule is C[B]Cc1ccc(CCNCC)c(C)c1C. The van der Waals surface area contributed by atoms with Crippen molar-refractivity contribution in [1.82, 2.24) is 5.32 Å². The summed E-state index contributed by atoms with van der Waals surface area (Å²) in [5.41, 5.74) is 5.88. The third-order valence-electron chi connectivity index (χ3n) is 3.26. The quantitative estimate of drug-likeness (QED) is 0.569. The fourth-order valence-electron chi connectivity index (χ4n) is 2.04. The van der Waals surface area contributed by atoms with E-state index in [0.29, 0.717) is 0 Å². The van der Waals surface area contributed by atoms with E-state index < -0.39 is 0 Å². The van der Waals surface area contributed by atoms with Gasteiger partial charge < -0.3 is 5.32 Å². The van der Waals surface area contributed by atoms with Crippen molar-refractivity contribution >= 4 is 7.28 Å². The second-order valence-electron chi connectivity index (χ2n) is 4.35. The molecule has 0 fully saturated rings. The molecule has 0 atom stereocenters. The van der Waals surface area contributed by atoms with Crippen LogP contribution in [0.5, 0.6) is 0 Å². The average molecular weight is 216 g/mol. The highest BCUT2D eigenvalue weighted by Crippen LogP contribution is 2.18. The zero-order valence-corrected chi connectivity index (χ0v) is 11.1. The van der Waals surface area contributed by atoms with Gasteiger partial charge >= 0.3 is 0 Å². The molecule has 0 spiro atoms. The van der Waals surface area contributed by atoms with Crippen LogP contribution >= 0.6 is 0 Å². The first-order valence-electron chi connectivity index (χ1n) is 6.27. The van der Waals surface area contributed by atoms with Crippen molar-refractivity contribution in [3.05, 3.63) is 34.4 Å². The molecular formula is C14H23BN. The lowest BCUT2D eigenvalue weighted by molar-refractivity contribution is 0.714. The topological polar surface area (TPSA) is 12.0 Å². The summed E-state index contributed by atoms with van der Waals surface area (Å²) >= 11 is 0. The van der Waals surface area contributed by atoms with Gasteiger partial charge in [0.2, 0.25) is 0 Å². The van der Waals surface area contributed by atoms with Crippen LogP contribution in [0, 0.1) is 13.8 Å². The smallest absolute Gasteiger partial charge is 0.111 e. The molecule has 0 aromatic heterocycles. The first-order chi connectivity index (χ1) is 7.70. The molecule has 1 aromatic rings. The lowest BCUT2D eigenvalue weighted by Gasteiger charge is -2.13. The van der Waals surface area contributed by atoms with Crippen LogP contribution in [0.2, 0.25) is 6.82 Å². The van der Waals surface area contributed by atoms with Crippen LogP contribution in [0.4, 0.5) is 0 Å². The Hall–Kier alpha value is -0.755. The van der Waals surface area contributed by atoms with E-state index >= 15 is 0 Å². The normalized spacial score (nSPS) is 10.5. The molecule has 0 aliphatic rings. The second-order valence-corrected chi connectivity index (χ2v) is 4.35. The molecule has 1 radical (unpaired) electrons. The number of rotatable bonds is 6. The van der Waals surface area contributed by atoms with E-state index in [1.807, 2.05) is 0 Å². The van der Waals surface area contributed by atoms with Crippen molar-refractivity contribution in [2.75, 3.05) is 13.1 Å². The molecule has 1 rings (SSSR count). The van der Waals surface area contributed by atoms with E-state index in [0.717, 1.165) is 25.8 Å². The number of likely N-dealkylation sites (N-methyl/N-ethyl adjacent to an activating group) is 1. The Morgan fingerprint density at radius 2 is 1.75 bits per heavy atom. The van der Waals surface area contributed by atoms with Gasteiger partial charge in [0.25, 0.3) is 0 Å². The van der Waals surface area contributed by atoms with Gasteiger partial charge in [0.15, 0.2) is 0 Å². The Morgan fingerprint density at radius 3 is 2.38 bits per heavy atom. The molecule has 0 unspecified atom stereocenters.